The fourth-order valence-corrected chi connectivity index (χ4v) is 3.02. The second-order valence-corrected chi connectivity index (χ2v) is 6.91. The van der Waals surface area contributed by atoms with E-state index in [4.69, 9.17) is 5.73 Å². The van der Waals surface area contributed by atoms with Crippen LogP contribution < -0.4 is 5.73 Å². The van der Waals surface area contributed by atoms with Gasteiger partial charge >= 0.3 is 0 Å². The molecule has 1 fully saturated rings. The van der Waals surface area contributed by atoms with Crippen LogP contribution in [0.1, 0.15) is 72.6 Å². The third kappa shape index (κ3) is 4.89. The van der Waals surface area contributed by atoms with Crippen LogP contribution in [0.2, 0.25) is 0 Å². The zero-order valence-electron chi connectivity index (χ0n) is 13.0. The summed E-state index contributed by atoms with van der Waals surface area (Å²) in [5.74, 6) is 0. The van der Waals surface area contributed by atoms with Crippen molar-refractivity contribution >= 4 is 0 Å². The molecule has 0 aromatic heterocycles. The second-order valence-electron chi connectivity index (χ2n) is 6.91. The van der Waals surface area contributed by atoms with Gasteiger partial charge in [-0.2, -0.15) is 0 Å². The van der Waals surface area contributed by atoms with E-state index in [1.165, 1.54) is 51.6 Å². The van der Waals surface area contributed by atoms with Crippen LogP contribution in [0.5, 0.6) is 0 Å². The van der Waals surface area contributed by atoms with E-state index in [1.54, 1.807) is 0 Å². The van der Waals surface area contributed by atoms with E-state index in [0.29, 0.717) is 6.04 Å². The maximum atomic E-state index is 6.20. The number of likely N-dealkylation sites (tertiary alicyclic amines) is 1. The predicted molar refractivity (Wildman–Crippen MR) is 80.8 cm³/mol. The molecule has 0 aliphatic carbocycles. The maximum absolute atomic E-state index is 6.20. The molecule has 0 aromatic rings. The molecule has 1 saturated heterocycles. The molecule has 2 unspecified atom stereocenters. The molecule has 1 heterocycles. The van der Waals surface area contributed by atoms with Crippen LogP contribution in [0.15, 0.2) is 0 Å². The van der Waals surface area contributed by atoms with Crippen LogP contribution in [-0.2, 0) is 0 Å². The Hall–Kier alpha value is -0.0800. The number of hydrogen-bond acceptors (Lipinski definition) is 2. The first-order chi connectivity index (χ1) is 8.47. The van der Waals surface area contributed by atoms with Gasteiger partial charge in [-0.05, 0) is 31.7 Å². The summed E-state index contributed by atoms with van der Waals surface area (Å²) in [4.78, 5) is 2.66. The van der Waals surface area contributed by atoms with Crippen molar-refractivity contribution in [3.63, 3.8) is 0 Å². The minimum atomic E-state index is 0.286. The lowest BCUT2D eigenvalue weighted by Gasteiger charge is -2.45. The molecule has 0 radical (unpaired) electrons. The van der Waals surface area contributed by atoms with Gasteiger partial charge in [0.25, 0.3) is 0 Å². The first-order valence-electron chi connectivity index (χ1n) is 7.97. The number of unbranched alkanes of at least 4 members (excludes halogenated alkanes) is 4. The summed E-state index contributed by atoms with van der Waals surface area (Å²) in [6, 6.07) is 1.11. The van der Waals surface area contributed by atoms with Crippen LogP contribution in [0.3, 0.4) is 0 Å². The van der Waals surface area contributed by atoms with Gasteiger partial charge in [-0.25, -0.2) is 0 Å². The van der Waals surface area contributed by atoms with Gasteiger partial charge in [0, 0.05) is 18.6 Å². The molecule has 2 nitrogen and oxygen atoms in total. The molecule has 0 aromatic carbocycles. The van der Waals surface area contributed by atoms with Gasteiger partial charge in [0.2, 0.25) is 0 Å². The topological polar surface area (TPSA) is 29.3 Å². The van der Waals surface area contributed by atoms with Crippen LogP contribution in [0.4, 0.5) is 0 Å². The number of hydrogen-bond donors (Lipinski definition) is 1. The monoisotopic (exact) mass is 254 g/mol. The van der Waals surface area contributed by atoms with Crippen molar-refractivity contribution in [2.24, 2.45) is 11.1 Å². The van der Waals surface area contributed by atoms with Gasteiger partial charge in [0.1, 0.15) is 0 Å². The van der Waals surface area contributed by atoms with Crippen molar-refractivity contribution in [2.45, 2.75) is 84.7 Å². The van der Waals surface area contributed by atoms with E-state index in [9.17, 15) is 0 Å². The SMILES string of the molecule is CCCCCCCC(C)N1CCC(N)C(C)(C)C1. The third-order valence-electron chi connectivity index (χ3n) is 4.69. The first-order valence-corrected chi connectivity index (χ1v) is 7.97. The van der Waals surface area contributed by atoms with E-state index >= 15 is 0 Å². The lowest BCUT2D eigenvalue weighted by atomic mass is 9.79. The maximum Gasteiger partial charge on any atom is 0.0115 e. The fraction of sp³-hybridized carbons (Fsp3) is 1.00. The summed E-state index contributed by atoms with van der Waals surface area (Å²) >= 11 is 0. The average Bonchev–Trinajstić information content (AvgIpc) is 2.32. The lowest BCUT2D eigenvalue weighted by Crippen LogP contribution is -2.54. The smallest absolute Gasteiger partial charge is 0.0115 e. The van der Waals surface area contributed by atoms with Gasteiger partial charge in [0.05, 0.1) is 0 Å². The molecular formula is C16H34N2. The Labute approximate surface area is 114 Å². The molecule has 2 atom stereocenters. The Morgan fingerprint density at radius 1 is 1.22 bits per heavy atom. The van der Waals surface area contributed by atoms with E-state index in [1.807, 2.05) is 0 Å². The number of rotatable bonds is 7. The second kappa shape index (κ2) is 7.49. The molecule has 0 saturated carbocycles. The van der Waals surface area contributed by atoms with Crippen molar-refractivity contribution in [3.8, 4) is 0 Å². The van der Waals surface area contributed by atoms with Crippen LogP contribution >= 0.6 is 0 Å². The zero-order valence-corrected chi connectivity index (χ0v) is 13.0. The van der Waals surface area contributed by atoms with E-state index < -0.39 is 0 Å². The molecule has 18 heavy (non-hydrogen) atoms. The quantitative estimate of drug-likeness (QED) is 0.700. The largest absolute Gasteiger partial charge is 0.327 e. The van der Waals surface area contributed by atoms with Crippen molar-refractivity contribution in [1.82, 2.24) is 4.90 Å². The summed E-state index contributed by atoms with van der Waals surface area (Å²) in [6.07, 6.45) is 9.48. The molecule has 1 aliphatic heterocycles. The lowest BCUT2D eigenvalue weighted by molar-refractivity contribution is 0.0628. The molecule has 0 bridgehead atoms. The highest BCUT2D eigenvalue weighted by molar-refractivity contribution is 4.91. The van der Waals surface area contributed by atoms with Crippen molar-refractivity contribution in [1.29, 1.82) is 0 Å². The van der Waals surface area contributed by atoms with Crippen molar-refractivity contribution < 1.29 is 0 Å². The third-order valence-corrected chi connectivity index (χ3v) is 4.69. The summed E-state index contributed by atoms with van der Waals surface area (Å²) in [6.45, 7) is 11.7. The summed E-state index contributed by atoms with van der Waals surface area (Å²) < 4.78 is 0. The summed E-state index contributed by atoms with van der Waals surface area (Å²) in [7, 11) is 0. The summed E-state index contributed by atoms with van der Waals surface area (Å²) in [5.41, 5.74) is 6.49. The molecule has 2 heteroatoms. The van der Waals surface area contributed by atoms with Gasteiger partial charge in [-0.3, -0.25) is 0 Å². The molecule has 2 N–H and O–H groups in total. The highest BCUT2D eigenvalue weighted by Gasteiger charge is 2.34. The standard InChI is InChI=1S/C16H34N2/c1-5-6-7-8-9-10-14(2)18-12-11-15(17)16(3,4)13-18/h14-15H,5-13,17H2,1-4H3. The van der Waals surface area contributed by atoms with Crippen LogP contribution in [0.25, 0.3) is 0 Å². The van der Waals surface area contributed by atoms with E-state index in [2.05, 4.69) is 32.6 Å². The Kier molecular flexibility index (Phi) is 6.65. The molecule has 1 rings (SSSR count). The molecule has 0 amide bonds. The van der Waals surface area contributed by atoms with Gasteiger partial charge in [0.15, 0.2) is 0 Å². The minimum absolute atomic E-state index is 0.286. The Bertz CT molecular complexity index is 225. The van der Waals surface area contributed by atoms with E-state index in [0.717, 1.165) is 12.5 Å². The Morgan fingerprint density at radius 2 is 1.89 bits per heavy atom. The highest BCUT2D eigenvalue weighted by atomic mass is 15.2. The first kappa shape index (κ1) is 16.0. The predicted octanol–water partition coefficient (Wildman–Crippen LogP) is 3.79. The van der Waals surface area contributed by atoms with Crippen molar-refractivity contribution in [3.05, 3.63) is 0 Å². The Morgan fingerprint density at radius 3 is 2.50 bits per heavy atom. The average molecular weight is 254 g/mol. The minimum Gasteiger partial charge on any atom is -0.327 e. The zero-order chi connectivity index (χ0) is 13.6. The number of nitrogens with two attached hydrogens (primary N) is 1. The molecule has 0 spiro atoms. The van der Waals surface area contributed by atoms with Crippen LogP contribution in [0, 0.1) is 5.41 Å². The van der Waals surface area contributed by atoms with Gasteiger partial charge in [-0.15, -0.1) is 0 Å². The van der Waals surface area contributed by atoms with Gasteiger partial charge in [-0.1, -0.05) is 52.9 Å². The Balaban J connectivity index is 2.23. The van der Waals surface area contributed by atoms with Gasteiger partial charge < -0.3 is 10.6 Å². The normalized spacial score (nSPS) is 26.2. The van der Waals surface area contributed by atoms with Crippen LogP contribution in [-0.4, -0.2) is 30.1 Å². The molecule has 1 aliphatic rings. The molecule has 108 valence electrons. The highest BCUT2D eigenvalue weighted by Crippen LogP contribution is 2.29. The van der Waals surface area contributed by atoms with Crippen molar-refractivity contribution in [2.75, 3.05) is 13.1 Å². The molecular weight excluding hydrogens is 220 g/mol. The number of piperidine rings is 1. The summed E-state index contributed by atoms with van der Waals surface area (Å²) in [5, 5.41) is 0. The van der Waals surface area contributed by atoms with E-state index in [-0.39, 0.29) is 5.41 Å². The fourth-order valence-electron chi connectivity index (χ4n) is 3.02. The number of nitrogens with zero attached hydrogens (tertiary/aromatic N) is 1.